The zero-order valence-electron chi connectivity index (χ0n) is 14.4. The number of nitrogens with one attached hydrogen (secondary N) is 2. The molecule has 0 radical (unpaired) electrons. The summed E-state index contributed by atoms with van der Waals surface area (Å²) in [6.45, 7) is 6.97. The first kappa shape index (κ1) is 19.5. The Kier molecular flexibility index (Phi) is 6.76. The van der Waals surface area contributed by atoms with Gasteiger partial charge in [-0.3, -0.25) is 10.1 Å². The van der Waals surface area contributed by atoms with Crippen LogP contribution in [-0.4, -0.2) is 34.7 Å². The van der Waals surface area contributed by atoms with E-state index in [9.17, 15) is 19.5 Å². The van der Waals surface area contributed by atoms with Gasteiger partial charge >= 0.3 is 12.1 Å². The number of carbonyl (C=O) groups excluding carboxylic acids is 2. The zero-order chi connectivity index (χ0) is 18.3. The number of ether oxygens (including phenoxy) is 1. The number of carbonyl (C=O) groups is 3. The molecule has 0 aromatic heterocycles. The SMILES string of the molecule is CCC(=O)NC(Cc1ccc(NC(=O)OC(C)(C)C)cc1)C(=O)O. The van der Waals surface area contributed by atoms with E-state index in [4.69, 9.17) is 4.74 Å². The van der Waals surface area contributed by atoms with Gasteiger partial charge in [0.1, 0.15) is 11.6 Å². The van der Waals surface area contributed by atoms with Gasteiger partial charge in [0.2, 0.25) is 5.91 Å². The van der Waals surface area contributed by atoms with Gasteiger partial charge in [-0.2, -0.15) is 0 Å². The van der Waals surface area contributed by atoms with Crippen LogP contribution in [0.1, 0.15) is 39.7 Å². The molecule has 1 atom stereocenters. The lowest BCUT2D eigenvalue weighted by Gasteiger charge is -2.19. The molecule has 0 bridgehead atoms. The fraction of sp³-hybridized carbons (Fsp3) is 0.471. The summed E-state index contributed by atoms with van der Waals surface area (Å²) in [5.74, 6) is -1.40. The second-order valence-corrected chi connectivity index (χ2v) is 6.34. The van der Waals surface area contributed by atoms with Crippen LogP contribution in [0.4, 0.5) is 10.5 Å². The van der Waals surface area contributed by atoms with Gasteiger partial charge < -0.3 is 15.2 Å². The van der Waals surface area contributed by atoms with Crippen LogP contribution in [0.15, 0.2) is 24.3 Å². The van der Waals surface area contributed by atoms with Gasteiger partial charge in [0.15, 0.2) is 0 Å². The van der Waals surface area contributed by atoms with Crippen LogP contribution in [0.3, 0.4) is 0 Å². The van der Waals surface area contributed by atoms with E-state index in [0.717, 1.165) is 5.56 Å². The van der Waals surface area contributed by atoms with E-state index in [1.165, 1.54) is 0 Å². The highest BCUT2D eigenvalue weighted by atomic mass is 16.6. The van der Waals surface area contributed by atoms with Crippen molar-refractivity contribution in [2.24, 2.45) is 0 Å². The molecule has 1 unspecified atom stereocenters. The summed E-state index contributed by atoms with van der Waals surface area (Å²) in [5.41, 5.74) is 0.682. The van der Waals surface area contributed by atoms with Crippen molar-refractivity contribution in [1.82, 2.24) is 5.32 Å². The van der Waals surface area contributed by atoms with Crippen molar-refractivity contribution >= 4 is 23.7 Å². The molecular formula is C17H24N2O5. The normalized spacial score (nSPS) is 12.2. The molecule has 0 fully saturated rings. The third-order valence-corrected chi connectivity index (χ3v) is 2.99. The van der Waals surface area contributed by atoms with Crippen LogP contribution >= 0.6 is 0 Å². The molecule has 2 amide bonds. The maximum absolute atomic E-state index is 11.7. The first-order valence-corrected chi connectivity index (χ1v) is 7.72. The molecular weight excluding hydrogens is 312 g/mol. The van der Waals surface area contributed by atoms with Crippen LogP contribution in [0.2, 0.25) is 0 Å². The summed E-state index contributed by atoms with van der Waals surface area (Å²) in [7, 11) is 0. The van der Waals surface area contributed by atoms with Gasteiger partial charge in [-0.05, 0) is 38.5 Å². The first-order valence-electron chi connectivity index (χ1n) is 7.72. The van der Waals surface area contributed by atoms with Crippen LogP contribution in [0.5, 0.6) is 0 Å². The Hall–Kier alpha value is -2.57. The Labute approximate surface area is 141 Å². The van der Waals surface area contributed by atoms with Gasteiger partial charge in [0, 0.05) is 18.5 Å². The molecule has 0 aliphatic carbocycles. The van der Waals surface area contributed by atoms with Crippen LogP contribution in [0.25, 0.3) is 0 Å². The summed E-state index contributed by atoms with van der Waals surface area (Å²) in [6, 6.07) is 5.71. The number of amides is 2. The van der Waals surface area contributed by atoms with Gasteiger partial charge in [0.05, 0.1) is 0 Å². The molecule has 3 N–H and O–H groups in total. The number of carboxylic acids is 1. The number of benzene rings is 1. The quantitative estimate of drug-likeness (QED) is 0.740. The lowest BCUT2D eigenvalue weighted by Crippen LogP contribution is -2.42. The van der Waals surface area contributed by atoms with Crippen LogP contribution < -0.4 is 10.6 Å². The minimum Gasteiger partial charge on any atom is -0.480 e. The maximum Gasteiger partial charge on any atom is 0.412 e. The van der Waals surface area contributed by atoms with Crippen LogP contribution in [0, 0.1) is 0 Å². The molecule has 1 aromatic carbocycles. The Morgan fingerprint density at radius 1 is 1.17 bits per heavy atom. The summed E-state index contributed by atoms with van der Waals surface area (Å²) in [5, 5.41) is 14.2. The number of rotatable bonds is 6. The van der Waals surface area contributed by atoms with Crippen molar-refractivity contribution < 1.29 is 24.2 Å². The molecule has 0 heterocycles. The van der Waals surface area contributed by atoms with Gasteiger partial charge in [-0.15, -0.1) is 0 Å². The maximum atomic E-state index is 11.7. The van der Waals surface area contributed by atoms with E-state index < -0.39 is 23.7 Å². The molecule has 132 valence electrons. The van der Waals surface area contributed by atoms with E-state index in [1.54, 1.807) is 52.0 Å². The highest BCUT2D eigenvalue weighted by Crippen LogP contribution is 2.14. The molecule has 0 spiro atoms. The Morgan fingerprint density at radius 2 is 1.75 bits per heavy atom. The van der Waals surface area contributed by atoms with Crippen molar-refractivity contribution in [3.63, 3.8) is 0 Å². The summed E-state index contributed by atoms with van der Waals surface area (Å²) >= 11 is 0. The Bertz CT molecular complexity index is 590. The zero-order valence-corrected chi connectivity index (χ0v) is 14.4. The van der Waals surface area contributed by atoms with Gasteiger partial charge in [0.25, 0.3) is 0 Å². The van der Waals surface area contributed by atoms with Crippen molar-refractivity contribution in [3.05, 3.63) is 29.8 Å². The summed E-state index contributed by atoms with van der Waals surface area (Å²) < 4.78 is 5.15. The molecule has 0 aliphatic rings. The molecule has 7 nitrogen and oxygen atoms in total. The molecule has 0 saturated heterocycles. The molecule has 7 heteroatoms. The average molecular weight is 336 g/mol. The number of hydrogen-bond donors (Lipinski definition) is 3. The number of aliphatic carboxylic acids is 1. The van der Waals surface area contributed by atoms with Crippen LogP contribution in [-0.2, 0) is 20.7 Å². The summed E-state index contributed by atoms with van der Waals surface area (Å²) in [6.07, 6.45) is -0.176. The van der Waals surface area contributed by atoms with E-state index in [2.05, 4.69) is 10.6 Å². The molecule has 0 saturated carbocycles. The van der Waals surface area contributed by atoms with E-state index >= 15 is 0 Å². The predicted octanol–water partition coefficient (Wildman–Crippen LogP) is 2.56. The number of carboxylic acid groups (broad SMARTS) is 1. The molecule has 1 aromatic rings. The minimum absolute atomic E-state index is 0.161. The lowest BCUT2D eigenvalue weighted by molar-refractivity contribution is -0.141. The summed E-state index contributed by atoms with van der Waals surface area (Å²) in [4.78, 5) is 34.3. The third kappa shape index (κ3) is 7.13. The van der Waals surface area contributed by atoms with Gasteiger partial charge in [-0.1, -0.05) is 19.1 Å². The highest BCUT2D eigenvalue weighted by molar-refractivity contribution is 5.85. The van der Waals surface area contributed by atoms with Gasteiger partial charge in [-0.25, -0.2) is 9.59 Å². The minimum atomic E-state index is -1.09. The smallest absolute Gasteiger partial charge is 0.412 e. The highest BCUT2D eigenvalue weighted by Gasteiger charge is 2.20. The monoisotopic (exact) mass is 336 g/mol. The Morgan fingerprint density at radius 3 is 2.21 bits per heavy atom. The number of anilines is 1. The fourth-order valence-electron chi connectivity index (χ4n) is 1.88. The van der Waals surface area contributed by atoms with Crippen molar-refractivity contribution in [3.8, 4) is 0 Å². The fourth-order valence-corrected chi connectivity index (χ4v) is 1.88. The molecule has 1 rings (SSSR count). The predicted molar refractivity (Wildman–Crippen MR) is 89.9 cm³/mol. The van der Waals surface area contributed by atoms with Crippen molar-refractivity contribution in [1.29, 1.82) is 0 Å². The molecule has 0 aliphatic heterocycles. The second kappa shape index (κ2) is 8.33. The largest absolute Gasteiger partial charge is 0.480 e. The second-order valence-electron chi connectivity index (χ2n) is 6.34. The Balaban J connectivity index is 2.67. The molecule has 24 heavy (non-hydrogen) atoms. The van der Waals surface area contributed by atoms with E-state index in [1.807, 2.05) is 0 Å². The van der Waals surface area contributed by atoms with Crippen molar-refractivity contribution in [2.75, 3.05) is 5.32 Å². The standard InChI is InChI=1S/C17H24N2O5/c1-5-14(20)19-13(15(21)22)10-11-6-8-12(9-7-11)18-16(23)24-17(2,3)4/h6-9,13H,5,10H2,1-4H3,(H,18,23)(H,19,20)(H,21,22). The third-order valence-electron chi connectivity index (χ3n) is 2.99. The topological polar surface area (TPSA) is 105 Å². The lowest BCUT2D eigenvalue weighted by atomic mass is 10.1. The average Bonchev–Trinajstić information content (AvgIpc) is 2.46. The van der Waals surface area contributed by atoms with Crippen molar-refractivity contribution in [2.45, 2.75) is 52.2 Å². The number of hydrogen-bond acceptors (Lipinski definition) is 4. The van der Waals surface area contributed by atoms with E-state index in [-0.39, 0.29) is 18.7 Å². The first-order chi connectivity index (χ1) is 11.1. The van der Waals surface area contributed by atoms with E-state index in [0.29, 0.717) is 5.69 Å².